The predicted molar refractivity (Wildman–Crippen MR) is 62.2 cm³/mol. The van der Waals surface area contributed by atoms with Gasteiger partial charge in [-0.1, -0.05) is 6.07 Å². The van der Waals surface area contributed by atoms with Crippen LogP contribution in [0.25, 0.3) is 0 Å². The summed E-state index contributed by atoms with van der Waals surface area (Å²) in [5.74, 6) is -1.31. The van der Waals surface area contributed by atoms with Gasteiger partial charge in [-0.25, -0.2) is 9.74 Å². The number of halogens is 3. The first-order valence-electron chi connectivity index (χ1n) is 5.75. The van der Waals surface area contributed by atoms with E-state index in [0.29, 0.717) is 0 Å². The van der Waals surface area contributed by atoms with E-state index in [1.54, 1.807) is 0 Å². The second-order valence-corrected chi connectivity index (χ2v) is 4.23. The van der Waals surface area contributed by atoms with Crippen LogP contribution >= 0.6 is 0 Å². The second-order valence-electron chi connectivity index (χ2n) is 4.23. The average Bonchev–Trinajstić information content (AvgIpc) is 2.35. The summed E-state index contributed by atoms with van der Waals surface area (Å²) in [7, 11) is 0. The van der Waals surface area contributed by atoms with Crippen molar-refractivity contribution in [3.05, 3.63) is 29.6 Å². The minimum absolute atomic E-state index is 0.842. The zero-order valence-corrected chi connectivity index (χ0v) is 10.4. The predicted octanol–water partition coefficient (Wildman–Crippen LogP) is 1.83. The van der Waals surface area contributed by atoms with Crippen LogP contribution in [-0.2, 0) is 16.2 Å². The molecule has 0 amide bonds. The molecule has 4 nitrogen and oxygen atoms in total. The van der Waals surface area contributed by atoms with E-state index in [-0.39, 0.29) is 0 Å². The van der Waals surface area contributed by atoms with Crippen molar-refractivity contribution in [3.63, 3.8) is 0 Å². The second kappa shape index (κ2) is 7.73. The van der Waals surface area contributed by atoms with E-state index in [2.05, 4.69) is 27.4 Å². The first kappa shape index (κ1) is 15.4. The summed E-state index contributed by atoms with van der Waals surface area (Å²) >= 11 is 0. The number of rotatable bonds is 3. The molecule has 1 fully saturated rings. The van der Waals surface area contributed by atoms with Crippen molar-refractivity contribution in [1.29, 1.82) is 0 Å². The van der Waals surface area contributed by atoms with Gasteiger partial charge in [0.25, 0.3) is 0 Å². The Labute approximate surface area is 108 Å². The van der Waals surface area contributed by atoms with E-state index in [0.717, 1.165) is 11.6 Å². The molecule has 2 rings (SSSR count). The van der Waals surface area contributed by atoms with Crippen LogP contribution in [0.5, 0.6) is 0 Å². The molecular formula is C12H15F3N2O2. The molecule has 0 atom stereocenters. The van der Waals surface area contributed by atoms with Gasteiger partial charge >= 0.3 is 12.4 Å². The number of hydrogen-bond donors (Lipinski definition) is 1. The topological polar surface area (TPSA) is 51.2 Å². The van der Waals surface area contributed by atoms with E-state index >= 15 is 0 Å². The summed E-state index contributed by atoms with van der Waals surface area (Å²) in [5.41, 5.74) is 2.47. The molecule has 0 radical (unpaired) electrons. The number of carbonyl (C=O) groups is 1. The summed E-state index contributed by atoms with van der Waals surface area (Å²) in [4.78, 5) is 15.6. The van der Waals surface area contributed by atoms with Crippen LogP contribution in [0, 0.1) is 12.8 Å². The van der Waals surface area contributed by atoms with Crippen LogP contribution < -0.4 is 5.32 Å². The monoisotopic (exact) mass is 276 g/mol. The Morgan fingerprint density at radius 3 is 2.53 bits per heavy atom. The van der Waals surface area contributed by atoms with E-state index in [1.807, 2.05) is 13.1 Å². The van der Waals surface area contributed by atoms with Gasteiger partial charge in [0.1, 0.15) is 0 Å². The molecule has 106 valence electrons. The standard InChI is InChI=1S/C10H14N2.C2HF3O2/c1-8-2-3-9(7-12-8)4-10-5-11-6-10;3-1(4)2(6)7-5/h2-3,7,10-11H,4-6H2,1H3;1H. The Kier molecular flexibility index (Phi) is 6.27. The smallest absolute Gasteiger partial charge is 0.316 e. The number of aryl methyl sites for hydroxylation is 1. The molecule has 19 heavy (non-hydrogen) atoms. The maximum Gasteiger partial charge on any atom is 0.414 e. The molecular weight excluding hydrogens is 261 g/mol. The van der Waals surface area contributed by atoms with Gasteiger partial charge in [-0.3, -0.25) is 4.98 Å². The van der Waals surface area contributed by atoms with E-state index in [9.17, 15) is 13.3 Å². The molecule has 0 spiro atoms. The van der Waals surface area contributed by atoms with Crippen LogP contribution in [-0.4, -0.2) is 30.5 Å². The summed E-state index contributed by atoms with van der Waals surface area (Å²) in [5, 5.41) is 3.27. The Morgan fingerprint density at radius 1 is 1.53 bits per heavy atom. The fourth-order valence-corrected chi connectivity index (χ4v) is 1.48. The minimum Gasteiger partial charge on any atom is -0.316 e. The van der Waals surface area contributed by atoms with Crippen LogP contribution in [0.1, 0.15) is 11.3 Å². The summed E-state index contributed by atoms with van der Waals surface area (Å²) < 4.78 is 31.7. The molecule has 0 aliphatic carbocycles. The molecule has 0 bridgehead atoms. The van der Waals surface area contributed by atoms with Gasteiger partial charge in [-0.15, -0.1) is 0 Å². The fourth-order valence-electron chi connectivity index (χ4n) is 1.48. The third-order valence-electron chi connectivity index (χ3n) is 2.62. The van der Waals surface area contributed by atoms with Gasteiger partial charge in [0.2, 0.25) is 0 Å². The molecule has 0 aromatic carbocycles. The molecule has 1 aromatic heterocycles. The van der Waals surface area contributed by atoms with Crippen LogP contribution in [0.2, 0.25) is 0 Å². The van der Waals surface area contributed by atoms with E-state index < -0.39 is 12.4 Å². The number of aromatic nitrogens is 1. The fraction of sp³-hybridized carbons (Fsp3) is 0.500. The molecule has 0 unspecified atom stereocenters. The van der Waals surface area contributed by atoms with Gasteiger partial charge in [0.15, 0.2) is 0 Å². The maximum absolute atomic E-state index is 10.7. The normalized spacial score (nSPS) is 14.4. The summed E-state index contributed by atoms with van der Waals surface area (Å²) in [6, 6.07) is 4.27. The molecule has 1 saturated heterocycles. The lowest BCUT2D eigenvalue weighted by Crippen LogP contribution is -2.43. The van der Waals surface area contributed by atoms with E-state index in [4.69, 9.17) is 4.79 Å². The maximum atomic E-state index is 10.7. The van der Waals surface area contributed by atoms with Crippen molar-refractivity contribution in [3.8, 4) is 0 Å². The SMILES string of the molecule is Cc1ccc(CC2CNC2)cn1.O=C(OF)C(F)F. The summed E-state index contributed by atoms with van der Waals surface area (Å²) in [6.45, 7) is 4.37. The molecule has 1 aliphatic rings. The molecule has 2 heterocycles. The lowest BCUT2D eigenvalue weighted by Gasteiger charge is -2.26. The molecule has 7 heteroatoms. The number of pyridine rings is 1. The molecule has 0 saturated carbocycles. The molecule has 1 aliphatic heterocycles. The Bertz CT molecular complexity index is 394. The Balaban J connectivity index is 0.000000224. The van der Waals surface area contributed by atoms with E-state index in [1.165, 1.54) is 25.1 Å². The highest BCUT2D eigenvalue weighted by Crippen LogP contribution is 2.11. The lowest BCUT2D eigenvalue weighted by molar-refractivity contribution is -0.196. The lowest BCUT2D eigenvalue weighted by atomic mass is 9.95. The summed E-state index contributed by atoms with van der Waals surface area (Å²) in [6.07, 6.45) is -0.196. The highest BCUT2D eigenvalue weighted by Gasteiger charge is 2.17. The Morgan fingerprint density at radius 2 is 2.21 bits per heavy atom. The number of nitrogens with one attached hydrogen (secondary N) is 1. The third-order valence-corrected chi connectivity index (χ3v) is 2.62. The van der Waals surface area contributed by atoms with Gasteiger partial charge < -0.3 is 5.32 Å². The van der Waals surface area contributed by atoms with Crippen molar-refractivity contribution in [2.45, 2.75) is 19.8 Å². The first-order valence-corrected chi connectivity index (χ1v) is 5.75. The number of nitrogens with zero attached hydrogens (tertiary/aromatic N) is 1. The average molecular weight is 276 g/mol. The first-order chi connectivity index (χ1) is 9.02. The number of hydrogen-bond acceptors (Lipinski definition) is 4. The van der Waals surface area contributed by atoms with Crippen molar-refractivity contribution < 1.29 is 23.0 Å². The van der Waals surface area contributed by atoms with Crippen molar-refractivity contribution >= 4 is 5.97 Å². The number of alkyl halides is 2. The van der Waals surface area contributed by atoms with Gasteiger partial charge in [0, 0.05) is 16.4 Å². The zero-order chi connectivity index (χ0) is 14.3. The van der Waals surface area contributed by atoms with Crippen LogP contribution in [0.15, 0.2) is 18.3 Å². The zero-order valence-electron chi connectivity index (χ0n) is 10.4. The van der Waals surface area contributed by atoms with Crippen LogP contribution in [0.4, 0.5) is 13.3 Å². The minimum atomic E-state index is -3.37. The third kappa shape index (κ3) is 5.69. The highest BCUT2D eigenvalue weighted by atomic mass is 19.3. The highest BCUT2D eigenvalue weighted by molar-refractivity contribution is 5.71. The quantitative estimate of drug-likeness (QED) is 0.915. The van der Waals surface area contributed by atoms with Gasteiger partial charge in [-0.2, -0.15) is 8.78 Å². The largest absolute Gasteiger partial charge is 0.414 e. The Hall–Kier alpha value is -1.63. The molecule has 1 N–H and O–H groups in total. The van der Waals surface area contributed by atoms with Gasteiger partial charge in [0.05, 0.1) is 0 Å². The van der Waals surface area contributed by atoms with Crippen LogP contribution in [0.3, 0.4) is 0 Å². The molecule has 1 aromatic rings. The van der Waals surface area contributed by atoms with Crippen molar-refractivity contribution in [2.75, 3.05) is 13.1 Å². The van der Waals surface area contributed by atoms with Gasteiger partial charge in [-0.05, 0) is 44.0 Å². The van der Waals surface area contributed by atoms with Crippen molar-refractivity contribution in [2.24, 2.45) is 5.92 Å². The number of carbonyl (C=O) groups excluding carboxylic acids is 1. The van der Waals surface area contributed by atoms with Crippen molar-refractivity contribution in [1.82, 2.24) is 10.3 Å².